The van der Waals surface area contributed by atoms with E-state index in [0.717, 1.165) is 32.5 Å². The highest BCUT2D eigenvalue weighted by Crippen LogP contribution is 2.27. The zero-order valence-electron chi connectivity index (χ0n) is 12.7. The number of nitrogens with one attached hydrogen (secondary N) is 2. The molecule has 2 rings (SSSR count). The molecule has 110 valence electrons. The molecule has 0 radical (unpaired) electrons. The molecule has 2 N–H and O–H groups in total. The van der Waals surface area contributed by atoms with Gasteiger partial charge in [-0.15, -0.1) is 0 Å². The third-order valence-corrected chi connectivity index (χ3v) is 4.07. The van der Waals surface area contributed by atoms with Crippen LogP contribution >= 0.6 is 0 Å². The highest BCUT2D eigenvalue weighted by Gasteiger charge is 2.24. The minimum absolute atomic E-state index is 0.0572. The van der Waals surface area contributed by atoms with Gasteiger partial charge in [-0.1, -0.05) is 18.2 Å². The van der Waals surface area contributed by atoms with Crippen LogP contribution in [0.1, 0.15) is 25.8 Å². The van der Waals surface area contributed by atoms with Gasteiger partial charge < -0.3 is 15.5 Å². The number of likely N-dealkylation sites (N-methyl/N-ethyl adjacent to an activating group) is 1. The van der Waals surface area contributed by atoms with Crippen molar-refractivity contribution in [3.05, 3.63) is 29.8 Å². The SMILES string of the molecule is CNC(C)(C)C(=O)NCCCN1CCc2ccccc21. The molecule has 1 aromatic carbocycles. The smallest absolute Gasteiger partial charge is 0.239 e. The molecule has 0 bridgehead atoms. The summed E-state index contributed by atoms with van der Waals surface area (Å²) in [5, 5.41) is 6.01. The van der Waals surface area contributed by atoms with Gasteiger partial charge in [-0.3, -0.25) is 4.79 Å². The van der Waals surface area contributed by atoms with Gasteiger partial charge in [0.2, 0.25) is 5.91 Å². The maximum atomic E-state index is 11.9. The van der Waals surface area contributed by atoms with Crippen LogP contribution in [-0.2, 0) is 11.2 Å². The fraction of sp³-hybridized carbons (Fsp3) is 0.562. The number of hydrogen-bond acceptors (Lipinski definition) is 3. The normalized spacial score (nSPS) is 14.2. The summed E-state index contributed by atoms with van der Waals surface area (Å²) in [4.78, 5) is 14.3. The number of nitrogens with zero attached hydrogens (tertiary/aromatic N) is 1. The predicted octanol–water partition coefficient (Wildman–Crippen LogP) is 1.55. The van der Waals surface area contributed by atoms with Crippen molar-refractivity contribution in [2.45, 2.75) is 32.2 Å². The maximum Gasteiger partial charge on any atom is 0.239 e. The number of carbonyl (C=O) groups is 1. The molecular weight excluding hydrogens is 250 g/mol. The summed E-state index contributed by atoms with van der Waals surface area (Å²) in [6.07, 6.45) is 2.11. The zero-order chi connectivity index (χ0) is 14.6. The quantitative estimate of drug-likeness (QED) is 0.774. The summed E-state index contributed by atoms with van der Waals surface area (Å²) in [6, 6.07) is 8.58. The van der Waals surface area contributed by atoms with Crippen LogP contribution in [0.4, 0.5) is 5.69 Å². The van der Waals surface area contributed by atoms with Crippen LogP contribution in [0, 0.1) is 0 Å². The van der Waals surface area contributed by atoms with Gasteiger partial charge in [0, 0.05) is 25.3 Å². The minimum atomic E-state index is -0.500. The Hall–Kier alpha value is -1.55. The molecule has 0 atom stereocenters. The van der Waals surface area contributed by atoms with Crippen LogP contribution in [0.25, 0.3) is 0 Å². The van der Waals surface area contributed by atoms with Crippen LogP contribution in [0.3, 0.4) is 0 Å². The van der Waals surface area contributed by atoms with Gasteiger partial charge >= 0.3 is 0 Å². The third kappa shape index (κ3) is 3.31. The molecule has 0 fully saturated rings. The lowest BCUT2D eigenvalue weighted by Gasteiger charge is -2.23. The standard InChI is InChI=1S/C16H25N3O/c1-16(2,17-3)15(20)18-10-6-11-19-12-9-13-7-4-5-8-14(13)19/h4-5,7-8,17H,6,9-12H2,1-3H3,(H,18,20). The van der Waals surface area contributed by atoms with Crippen LogP contribution in [0.15, 0.2) is 24.3 Å². The molecule has 0 aliphatic carbocycles. The van der Waals surface area contributed by atoms with Crippen LogP contribution < -0.4 is 15.5 Å². The topological polar surface area (TPSA) is 44.4 Å². The summed E-state index contributed by atoms with van der Waals surface area (Å²) in [7, 11) is 1.81. The van der Waals surface area contributed by atoms with Crippen molar-refractivity contribution in [3.63, 3.8) is 0 Å². The average molecular weight is 275 g/mol. The van der Waals surface area contributed by atoms with Gasteiger partial charge in [-0.2, -0.15) is 0 Å². The van der Waals surface area contributed by atoms with E-state index in [0.29, 0.717) is 0 Å². The highest BCUT2D eigenvalue weighted by molar-refractivity contribution is 5.85. The van der Waals surface area contributed by atoms with Gasteiger partial charge in [0.25, 0.3) is 0 Å². The molecule has 1 amide bonds. The Morgan fingerprint density at radius 1 is 1.35 bits per heavy atom. The van der Waals surface area contributed by atoms with E-state index in [1.807, 2.05) is 13.8 Å². The van der Waals surface area contributed by atoms with Gasteiger partial charge in [0.1, 0.15) is 0 Å². The lowest BCUT2D eigenvalue weighted by Crippen LogP contribution is -2.51. The third-order valence-electron chi connectivity index (χ3n) is 4.07. The summed E-state index contributed by atoms with van der Waals surface area (Å²) in [5.41, 5.74) is 2.29. The molecule has 20 heavy (non-hydrogen) atoms. The first kappa shape index (κ1) is 14.9. The second-order valence-electron chi connectivity index (χ2n) is 5.85. The van der Waals surface area contributed by atoms with E-state index in [9.17, 15) is 4.79 Å². The second-order valence-corrected chi connectivity index (χ2v) is 5.85. The Kier molecular flexibility index (Phi) is 4.65. The van der Waals surface area contributed by atoms with Gasteiger partial charge in [-0.05, 0) is 45.4 Å². The molecular formula is C16H25N3O. The maximum absolute atomic E-state index is 11.9. The van der Waals surface area contributed by atoms with Crippen LogP contribution in [0.5, 0.6) is 0 Å². The van der Waals surface area contributed by atoms with Crippen molar-refractivity contribution >= 4 is 11.6 Å². The van der Waals surface area contributed by atoms with Crippen LogP contribution in [0.2, 0.25) is 0 Å². The number of rotatable bonds is 6. The summed E-state index contributed by atoms with van der Waals surface area (Å²) < 4.78 is 0. The van der Waals surface area contributed by atoms with Crippen molar-refractivity contribution in [1.82, 2.24) is 10.6 Å². The van der Waals surface area contributed by atoms with E-state index in [2.05, 4.69) is 39.8 Å². The Labute approximate surface area is 121 Å². The number of hydrogen-bond donors (Lipinski definition) is 2. The monoisotopic (exact) mass is 275 g/mol. The van der Waals surface area contributed by atoms with Crippen molar-refractivity contribution < 1.29 is 4.79 Å². The van der Waals surface area contributed by atoms with E-state index in [1.54, 1.807) is 7.05 Å². The highest BCUT2D eigenvalue weighted by atomic mass is 16.2. The minimum Gasteiger partial charge on any atom is -0.371 e. The molecule has 1 aromatic rings. The fourth-order valence-electron chi connectivity index (χ4n) is 2.45. The number of amides is 1. The molecule has 0 saturated carbocycles. The lowest BCUT2D eigenvalue weighted by molar-refractivity contribution is -0.126. The molecule has 1 heterocycles. The largest absolute Gasteiger partial charge is 0.371 e. The van der Waals surface area contributed by atoms with Crippen molar-refractivity contribution in [3.8, 4) is 0 Å². The van der Waals surface area contributed by atoms with E-state index in [1.165, 1.54) is 11.3 Å². The summed E-state index contributed by atoms with van der Waals surface area (Å²) in [5.74, 6) is 0.0572. The summed E-state index contributed by atoms with van der Waals surface area (Å²) >= 11 is 0. The van der Waals surface area contributed by atoms with Gasteiger partial charge in [-0.25, -0.2) is 0 Å². The molecule has 0 saturated heterocycles. The average Bonchev–Trinajstić information content (AvgIpc) is 2.86. The van der Waals surface area contributed by atoms with Gasteiger partial charge in [0.15, 0.2) is 0 Å². The Morgan fingerprint density at radius 2 is 2.10 bits per heavy atom. The number of anilines is 1. The first-order chi connectivity index (χ1) is 9.54. The Morgan fingerprint density at radius 3 is 2.85 bits per heavy atom. The molecule has 0 aromatic heterocycles. The number of para-hydroxylation sites is 1. The van der Waals surface area contributed by atoms with Crippen LogP contribution in [-0.4, -0.2) is 38.1 Å². The van der Waals surface area contributed by atoms with E-state index >= 15 is 0 Å². The Bertz CT molecular complexity index is 471. The lowest BCUT2D eigenvalue weighted by atomic mass is 10.1. The molecule has 4 nitrogen and oxygen atoms in total. The molecule has 0 unspecified atom stereocenters. The van der Waals surface area contributed by atoms with E-state index in [-0.39, 0.29) is 5.91 Å². The van der Waals surface area contributed by atoms with Crippen molar-refractivity contribution in [1.29, 1.82) is 0 Å². The number of fused-ring (bicyclic) bond motifs is 1. The number of carbonyl (C=O) groups excluding carboxylic acids is 1. The van der Waals surface area contributed by atoms with E-state index in [4.69, 9.17) is 0 Å². The second kappa shape index (κ2) is 6.27. The van der Waals surface area contributed by atoms with Crippen molar-refractivity contribution in [2.24, 2.45) is 0 Å². The molecule has 1 aliphatic heterocycles. The predicted molar refractivity (Wildman–Crippen MR) is 83.1 cm³/mol. The summed E-state index contributed by atoms with van der Waals surface area (Å²) in [6.45, 7) is 6.59. The molecule has 1 aliphatic rings. The van der Waals surface area contributed by atoms with Gasteiger partial charge in [0.05, 0.1) is 5.54 Å². The first-order valence-electron chi connectivity index (χ1n) is 7.34. The zero-order valence-corrected chi connectivity index (χ0v) is 12.7. The van der Waals surface area contributed by atoms with E-state index < -0.39 is 5.54 Å². The van der Waals surface area contributed by atoms with Crippen molar-refractivity contribution in [2.75, 3.05) is 31.6 Å². The number of benzene rings is 1. The Balaban J connectivity index is 1.74. The first-order valence-corrected chi connectivity index (χ1v) is 7.34. The molecule has 0 spiro atoms. The molecule has 4 heteroatoms. The fourth-order valence-corrected chi connectivity index (χ4v) is 2.45.